The third kappa shape index (κ3) is 9.42. The number of rotatable bonds is 8. The van der Waals surface area contributed by atoms with Crippen LogP contribution in [0.25, 0.3) is 0 Å². The monoisotopic (exact) mass is 686 g/mol. The molecule has 0 saturated carbocycles. The van der Waals surface area contributed by atoms with Gasteiger partial charge in [-0.3, -0.25) is 0 Å². The quantitative estimate of drug-likeness (QED) is 0.265. The summed E-state index contributed by atoms with van der Waals surface area (Å²) in [6, 6.07) is 27.9. The van der Waals surface area contributed by atoms with Gasteiger partial charge in [-0.1, -0.05) is 60.1 Å². The van der Waals surface area contributed by atoms with Crippen molar-refractivity contribution in [3.8, 4) is 23.7 Å². The number of anilines is 2. The van der Waals surface area contributed by atoms with Crippen molar-refractivity contribution < 1.29 is 34.0 Å². The van der Waals surface area contributed by atoms with E-state index in [1.807, 2.05) is 0 Å². The van der Waals surface area contributed by atoms with Crippen molar-refractivity contribution in [3.05, 3.63) is 95.1 Å². The molecule has 2 unspecified atom stereocenters. The molecule has 2 aliphatic heterocycles. The number of benzene rings is 3. The molecule has 5 rings (SSSR count). The van der Waals surface area contributed by atoms with Gasteiger partial charge in [0.25, 0.3) is 0 Å². The van der Waals surface area contributed by atoms with Crippen molar-refractivity contribution in [1.82, 2.24) is 0 Å². The Hall–Kier alpha value is -2.66. The lowest BCUT2D eigenvalue weighted by atomic mass is 10.0. The second-order valence-electron chi connectivity index (χ2n) is 11.6. The van der Waals surface area contributed by atoms with Crippen molar-refractivity contribution in [2.45, 2.75) is 90.1 Å². The van der Waals surface area contributed by atoms with Crippen LogP contribution in [0.1, 0.15) is 87.5 Å². The van der Waals surface area contributed by atoms with Crippen molar-refractivity contribution in [2.24, 2.45) is 0 Å². The van der Waals surface area contributed by atoms with E-state index in [2.05, 4.69) is 120 Å². The largest absolute Gasteiger partial charge is 1.00 e. The zero-order valence-electron chi connectivity index (χ0n) is 25.2. The molecule has 4 heteroatoms. The van der Waals surface area contributed by atoms with Gasteiger partial charge in [0.15, 0.2) is 0 Å². The van der Waals surface area contributed by atoms with Crippen LogP contribution in [0.15, 0.2) is 72.8 Å². The van der Waals surface area contributed by atoms with Crippen LogP contribution in [0.2, 0.25) is 0 Å². The van der Waals surface area contributed by atoms with Crippen molar-refractivity contribution in [1.29, 1.82) is 0 Å². The number of halogens is 2. The fraction of sp³-hybridized carbons (Fsp3) is 0.421. The molecule has 0 bridgehead atoms. The maximum absolute atomic E-state index is 3.41. The van der Waals surface area contributed by atoms with Crippen LogP contribution in [0.5, 0.6) is 0 Å². The number of aryl methyl sites for hydroxylation is 2. The Labute approximate surface area is 275 Å². The van der Waals surface area contributed by atoms with E-state index in [-0.39, 0.29) is 34.0 Å². The Bertz CT molecular complexity index is 1290. The highest BCUT2D eigenvalue weighted by Gasteiger charge is 2.21. The average Bonchev–Trinajstić information content (AvgIpc) is 3.61. The van der Waals surface area contributed by atoms with E-state index in [4.69, 9.17) is 0 Å². The molecule has 0 amide bonds. The topological polar surface area (TPSA) is 6.48 Å². The standard InChI is InChI=1S/C38H44N2.2BrH/c1-31-15-13-27-39(31)37-25-11-19-33(29-37)17-5-3-7-21-35-23-9-10-24-36(35)22-8-4-6-18-34-20-12-26-38(30-34)40-28-14-16-32(40)2;;/h9-12,19-20,23-26,29-32H,3-6,13-18,27-28H2,1-2H3;2*1H/p-2. The van der Waals surface area contributed by atoms with E-state index in [0.717, 1.165) is 49.7 Å². The van der Waals surface area contributed by atoms with E-state index < -0.39 is 0 Å². The summed E-state index contributed by atoms with van der Waals surface area (Å²) in [5.74, 6) is 13.6. The van der Waals surface area contributed by atoms with Crippen LogP contribution < -0.4 is 43.8 Å². The van der Waals surface area contributed by atoms with E-state index in [0.29, 0.717) is 12.1 Å². The van der Waals surface area contributed by atoms with Gasteiger partial charge in [-0.2, -0.15) is 0 Å². The van der Waals surface area contributed by atoms with Crippen LogP contribution in [0, 0.1) is 23.7 Å². The first-order chi connectivity index (χ1) is 19.7. The summed E-state index contributed by atoms with van der Waals surface area (Å²) in [6.45, 7) is 7.05. The predicted octanol–water partition coefficient (Wildman–Crippen LogP) is 2.42. The van der Waals surface area contributed by atoms with Gasteiger partial charge in [0, 0.05) is 60.5 Å². The summed E-state index contributed by atoms with van der Waals surface area (Å²) in [6.07, 6.45) is 11.3. The first kappa shape index (κ1) is 33.8. The number of hydrogen-bond acceptors (Lipinski definition) is 2. The lowest BCUT2D eigenvalue weighted by molar-refractivity contribution is -0.001000. The lowest BCUT2D eigenvalue weighted by Crippen LogP contribution is -3.00. The molecule has 0 N–H and O–H groups in total. The molecule has 2 atom stereocenters. The molecule has 0 radical (unpaired) electrons. The summed E-state index contributed by atoms with van der Waals surface area (Å²) in [5.41, 5.74) is 7.70. The van der Waals surface area contributed by atoms with Gasteiger partial charge >= 0.3 is 0 Å². The van der Waals surface area contributed by atoms with E-state index >= 15 is 0 Å². The predicted molar refractivity (Wildman–Crippen MR) is 171 cm³/mol. The summed E-state index contributed by atoms with van der Waals surface area (Å²) >= 11 is 0. The van der Waals surface area contributed by atoms with Crippen LogP contribution >= 0.6 is 0 Å². The summed E-state index contributed by atoms with van der Waals surface area (Å²) in [5, 5.41) is 0. The van der Waals surface area contributed by atoms with Crippen LogP contribution in [-0.2, 0) is 12.8 Å². The number of unbranched alkanes of at least 4 members (excludes halogenated alkanes) is 2. The maximum Gasteiger partial charge on any atom is 0.0401 e. The molecule has 0 aliphatic carbocycles. The fourth-order valence-corrected chi connectivity index (χ4v) is 6.19. The van der Waals surface area contributed by atoms with Crippen LogP contribution in [0.4, 0.5) is 11.4 Å². The lowest BCUT2D eigenvalue weighted by Gasteiger charge is -2.24. The SMILES string of the molecule is CC1CCCN1c1cccc(CCCC#Cc2ccccc2C#CCCCc2cccc(N3CCCC3C)c2)c1.[Br-].[Br-]. The molecule has 3 aromatic carbocycles. The summed E-state index contributed by atoms with van der Waals surface area (Å²) in [4.78, 5) is 5.10. The van der Waals surface area contributed by atoms with Crippen molar-refractivity contribution in [2.75, 3.05) is 22.9 Å². The maximum atomic E-state index is 3.41. The average molecular weight is 689 g/mol. The van der Waals surface area contributed by atoms with Crippen LogP contribution in [-0.4, -0.2) is 25.2 Å². The fourth-order valence-electron chi connectivity index (χ4n) is 6.19. The van der Waals surface area contributed by atoms with Gasteiger partial charge in [0.1, 0.15) is 0 Å². The minimum absolute atomic E-state index is 0. The second kappa shape index (κ2) is 17.5. The zero-order valence-corrected chi connectivity index (χ0v) is 28.4. The minimum Gasteiger partial charge on any atom is -1.00 e. The first-order valence-electron chi connectivity index (χ1n) is 15.5. The molecule has 222 valence electrons. The Morgan fingerprint density at radius 2 is 1.07 bits per heavy atom. The summed E-state index contributed by atoms with van der Waals surface area (Å²) < 4.78 is 0. The Morgan fingerprint density at radius 3 is 1.48 bits per heavy atom. The van der Waals surface area contributed by atoms with Gasteiger partial charge in [0.2, 0.25) is 0 Å². The van der Waals surface area contributed by atoms with E-state index in [1.54, 1.807) is 0 Å². The minimum atomic E-state index is 0. The molecule has 0 spiro atoms. The molecule has 3 aromatic rings. The third-order valence-electron chi connectivity index (χ3n) is 8.50. The molecule has 2 fully saturated rings. The zero-order chi connectivity index (χ0) is 27.6. The Kier molecular flexibility index (Phi) is 14.1. The number of hydrogen-bond donors (Lipinski definition) is 0. The molecular weight excluding hydrogens is 644 g/mol. The normalized spacial score (nSPS) is 17.4. The molecule has 0 aromatic heterocycles. The van der Waals surface area contributed by atoms with Gasteiger partial charge in [0.05, 0.1) is 0 Å². The molecule has 42 heavy (non-hydrogen) atoms. The van der Waals surface area contributed by atoms with Crippen LogP contribution in [0.3, 0.4) is 0 Å². The molecule has 2 aliphatic rings. The molecule has 2 saturated heterocycles. The Balaban J connectivity index is 0.00000242. The van der Waals surface area contributed by atoms with E-state index in [9.17, 15) is 0 Å². The van der Waals surface area contributed by atoms with Gasteiger partial charge in [-0.05, 0) is 113 Å². The molecular formula is C38H44Br2N2-2. The third-order valence-corrected chi connectivity index (χ3v) is 8.50. The van der Waals surface area contributed by atoms with E-state index in [1.165, 1.54) is 61.3 Å². The first-order valence-corrected chi connectivity index (χ1v) is 15.5. The highest BCUT2D eigenvalue weighted by Crippen LogP contribution is 2.27. The van der Waals surface area contributed by atoms with Gasteiger partial charge in [-0.25, -0.2) is 0 Å². The summed E-state index contributed by atoms with van der Waals surface area (Å²) in [7, 11) is 0. The van der Waals surface area contributed by atoms with Gasteiger partial charge < -0.3 is 43.8 Å². The van der Waals surface area contributed by atoms with Gasteiger partial charge in [-0.15, -0.1) is 0 Å². The highest BCUT2D eigenvalue weighted by molar-refractivity contribution is 5.52. The molecule has 2 nitrogen and oxygen atoms in total. The van der Waals surface area contributed by atoms with Crippen molar-refractivity contribution >= 4 is 11.4 Å². The number of nitrogens with zero attached hydrogens (tertiary/aromatic N) is 2. The Morgan fingerprint density at radius 1 is 0.619 bits per heavy atom. The molecule has 2 heterocycles. The smallest absolute Gasteiger partial charge is 0.0401 e. The van der Waals surface area contributed by atoms with Crippen molar-refractivity contribution in [3.63, 3.8) is 0 Å². The highest BCUT2D eigenvalue weighted by atomic mass is 79.9. The second-order valence-corrected chi connectivity index (χ2v) is 11.6.